The number of halogens is 2. The number of thioether (sulfide) groups is 1. The molecule has 1 rings (SSSR count). The van der Waals surface area contributed by atoms with E-state index in [0.29, 0.717) is 9.92 Å². The summed E-state index contributed by atoms with van der Waals surface area (Å²) in [7, 11) is 0. The Kier molecular flexibility index (Phi) is 4.07. The van der Waals surface area contributed by atoms with E-state index < -0.39 is 0 Å². The Morgan fingerprint density at radius 3 is 2.77 bits per heavy atom. The molecule has 0 spiro atoms. The Morgan fingerprint density at radius 1 is 1.46 bits per heavy atom. The summed E-state index contributed by atoms with van der Waals surface area (Å²) in [5.41, 5.74) is 0.932. The van der Waals surface area contributed by atoms with Crippen molar-refractivity contribution >= 4 is 23.4 Å². The first-order valence-corrected chi connectivity index (χ1v) is 5.60. The van der Waals surface area contributed by atoms with Crippen LogP contribution in [0.15, 0.2) is 17.0 Å². The molecule has 1 aromatic rings. The highest BCUT2D eigenvalue weighted by Gasteiger charge is 2.09. The minimum absolute atomic E-state index is 0.214. The molecule has 0 aliphatic carbocycles. The molecule has 0 unspecified atom stereocenters. The first kappa shape index (κ1) is 10.9. The standard InChI is InChI=1S/C10H12ClFS/c1-3-6-13-10-8(12)5-4-7(2)9(10)11/h4-5H,3,6H2,1-2H3. The van der Waals surface area contributed by atoms with Crippen LogP contribution in [-0.4, -0.2) is 5.75 Å². The molecular weight excluding hydrogens is 207 g/mol. The van der Waals surface area contributed by atoms with Crippen molar-refractivity contribution in [1.29, 1.82) is 0 Å². The zero-order chi connectivity index (χ0) is 9.84. The number of hydrogen-bond donors (Lipinski definition) is 0. The average Bonchev–Trinajstić information content (AvgIpc) is 2.12. The molecule has 0 heterocycles. The third-order valence-corrected chi connectivity index (χ3v) is 3.59. The van der Waals surface area contributed by atoms with Crippen molar-refractivity contribution in [2.45, 2.75) is 25.2 Å². The summed E-state index contributed by atoms with van der Waals surface area (Å²) >= 11 is 7.45. The molecule has 0 radical (unpaired) electrons. The van der Waals surface area contributed by atoms with Gasteiger partial charge < -0.3 is 0 Å². The van der Waals surface area contributed by atoms with Crippen LogP contribution in [0, 0.1) is 12.7 Å². The van der Waals surface area contributed by atoms with Gasteiger partial charge >= 0.3 is 0 Å². The maximum absolute atomic E-state index is 13.2. The van der Waals surface area contributed by atoms with Crippen LogP contribution >= 0.6 is 23.4 Å². The summed E-state index contributed by atoms with van der Waals surface area (Å²) < 4.78 is 13.2. The highest BCUT2D eigenvalue weighted by molar-refractivity contribution is 7.99. The quantitative estimate of drug-likeness (QED) is 0.682. The van der Waals surface area contributed by atoms with Crippen LogP contribution < -0.4 is 0 Å². The minimum Gasteiger partial charge on any atom is -0.206 e. The van der Waals surface area contributed by atoms with Gasteiger partial charge in [0, 0.05) is 0 Å². The van der Waals surface area contributed by atoms with Crippen LogP contribution in [0.25, 0.3) is 0 Å². The lowest BCUT2D eigenvalue weighted by Gasteiger charge is -2.06. The molecule has 13 heavy (non-hydrogen) atoms. The highest BCUT2D eigenvalue weighted by Crippen LogP contribution is 2.32. The van der Waals surface area contributed by atoms with E-state index in [1.807, 2.05) is 6.92 Å². The molecule has 0 aliphatic heterocycles. The maximum Gasteiger partial charge on any atom is 0.138 e. The van der Waals surface area contributed by atoms with Crippen molar-refractivity contribution in [3.8, 4) is 0 Å². The zero-order valence-electron chi connectivity index (χ0n) is 7.73. The third-order valence-electron chi connectivity index (χ3n) is 1.69. The molecule has 72 valence electrons. The van der Waals surface area contributed by atoms with Gasteiger partial charge in [-0.05, 0) is 30.7 Å². The summed E-state index contributed by atoms with van der Waals surface area (Å²) in [4.78, 5) is 0.587. The zero-order valence-corrected chi connectivity index (χ0v) is 9.31. The second-order valence-electron chi connectivity index (χ2n) is 2.86. The third kappa shape index (κ3) is 2.61. The van der Waals surface area contributed by atoms with Crippen LogP contribution in [-0.2, 0) is 0 Å². The smallest absolute Gasteiger partial charge is 0.138 e. The lowest BCUT2D eigenvalue weighted by Crippen LogP contribution is -1.87. The Bertz CT molecular complexity index is 299. The van der Waals surface area contributed by atoms with Crippen LogP contribution in [0.4, 0.5) is 4.39 Å². The molecule has 0 atom stereocenters. The predicted molar refractivity (Wildman–Crippen MR) is 57.2 cm³/mol. The topological polar surface area (TPSA) is 0 Å². The fourth-order valence-corrected chi connectivity index (χ4v) is 2.19. The number of rotatable bonds is 3. The Morgan fingerprint density at radius 2 is 2.15 bits per heavy atom. The van der Waals surface area contributed by atoms with Gasteiger partial charge in [0.2, 0.25) is 0 Å². The van der Waals surface area contributed by atoms with Gasteiger partial charge in [0.05, 0.1) is 9.92 Å². The number of benzene rings is 1. The van der Waals surface area contributed by atoms with E-state index in [9.17, 15) is 4.39 Å². The van der Waals surface area contributed by atoms with Crippen molar-refractivity contribution in [3.63, 3.8) is 0 Å². The lowest BCUT2D eigenvalue weighted by atomic mass is 10.2. The summed E-state index contributed by atoms with van der Waals surface area (Å²) in [6.45, 7) is 3.95. The molecule has 0 saturated carbocycles. The molecule has 0 amide bonds. The average molecular weight is 219 g/mol. The first-order valence-electron chi connectivity index (χ1n) is 4.24. The van der Waals surface area contributed by atoms with Gasteiger partial charge in [-0.2, -0.15) is 0 Å². The summed E-state index contributed by atoms with van der Waals surface area (Å²) in [5, 5.41) is 0.554. The molecule has 3 heteroatoms. The molecular formula is C10H12ClFS. The molecule has 0 fully saturated rings. The van der Waals surface area contributed by atoms with E-state index in [0.717, 1.165) is 17.7 Å². The second-order valence-corrected chi connectivity index (χ2v) is 4.34. The summed E-state index contributed by atoms with van der Waals surface area (Å²) in [6.07, 6.45) is 1.02. The maximum atomic E-state index is 13.2. The molecule has 0 aliphatic rings. The van der Waals surface area contributed by atoms with Crippen molar-refractivity contribution < 1.29 is 4.39 Å². The SMILES string of the molecule is CCCSc1c(F)ccc(C)c1Cl. The molecule has 0 bridgehead atoms. The molecule has 0 nitrogen and oxygen atoms in total. The Labute approximate surface area is 87.5 Å². The van der Waals surface area contributed by atoms with Crippen molar-refractivity contribution in [3.05, 3.63) is 28.5 Å². The van der Waals surface area contributed by atoms with Gasteiger partial charge in [-0.3, -0.25) is 0 Å². The van der Waals surface area contributed by atoms with Gasteiger partial charge in [-0.1, -0.05) is 24.6 Å². The van der Waals surface area contributed by atoms with E-state index in [1.165, 1.54) is 17.8 Å². The van der Waals surface area contributed by atoms with Gasteiger partial charge in [-0.25, -0.2) is 4.39 Å². The lowest BCUT2D eigenvalue weighted by molar-refractivity contribution is 0.601. The van der Waals surface area contributed by atoms with Crippen molar-refractivity contribution in [2.24, 2.45) is 0 Å². The minimum atomic E-state index is -0.214. The fraction of sp³-hybridized carbons (Fsp3) is 0.400. The van der Waals surface area contributed by atoms with Crippen LogP contribution in [0.5, 0.6) is 0 Å². The van der Waals surface area contributed by atoms with E-state index in [-0.39, 0.29) is 5.82 Å². The highest BCUT2D eigenvalue weighted by atomic mass is 35.5. The van der Waals surface area contributed by atoms with Crippen LogP contribution in [0.3, 0.4) is 0 Å². The van der Waals surface area contributed by atoms with Gasteiger partial charge in [0.15, 0.2) is 0 Å². The molecule has 0 aromatic heterocycles. The predicted octanol–water partition coefficient (Wildman–Crippen LogP) is 4.29. The Balaban J connectivity index is 2.96. The first-order chi connectivity index (χ1) is 6.16. The monoisotopic (exact) mass is 218 g/mol. The van der Waals surface area contributed by atoms with E-state index in [2.05, 4.69) is 6.92 Å². The fourth-order valence-electron chi connectivity index (χ4n) is 0.967. The van der Waals surface area contributed by atoms with E-state index >= 15 is 0 Å². The van der Waals surface area contributed by atoms with Crippen LogP contribution in [0.2, 0.25) is 5.02 Å². The summed E-state index contributed by atoms with van der Waals surface area (Å²) in [5.74, 6) is 0.689. The van der Waals surface area contributed by atoms with Crippen molar-refractivity contribution in [1.82, 2.24) is 0 Å². The van der Waals surface area contributed by atoms with Gasteiger partial charge in [0.1, 0.15) is 5.82 Å². The largest absolute Gasteiger partial charge is 0.206 e. The van der Waals surface area contributed by atoms with Crippen LogP contribution in [0.1, 0.15) is 18.9 Å². The second kappa shape index (κ2) is 4.87. The number of aryl methyl sites for hydroxylation is 1. The van der Waals surface area contributed by atoms with E-state index in [1.54, 1.807) is 6.07 Å². The number of hydrogen-bond acceptors (Lipinski definition) is 1. The summed E-state index contributed by atoms with van der Waals surface area (Å²) in [6, 6.07) is 3.17. The molecule has 0 N–H and O–H groups in total. The normalized spacial score (nSPS) is 10.5. The van der Waals surface area contributed by atoms with E-state index in [4.69, 9.17) is 11.6 Å². The molecule has 0 saturated heterocycles. The molecule has 1 aromatic carbocycles. The Hall–Kier alpha value is -0.210. The van der Waals surface area contributed by atoms with Gasteiger partial charge in [-0.15, -0.1) is 11.8 Å². The van der Waals surface area contributed by atoms with Crippen molar-refractivity contribution in [2.75, 3.05) is 5.75 Å². The van der Waals surface area contributed by atoms with Gasteiger partial charge in [0.25, 0.3) is 0 Å².